The first-order valence-corrected chi connectivity index (χ1v) is 6.49. The number of anilines is 1. The van der Waals surface area contributed by atoms with Gasteiger partial charge in [0.1, 0.15) is 10.2 Å². The van der Waals surface area contributed by atoms with Crippen molar-refractivity contribution < 1.29 is 0 Å². The molecule has 2 N–H and O–H groups in total. The number of pyridine rings is 1. The van der Waals surface area contributed by atoms with E-state index in [-0.39, 0.29) is 0 Å². The molecule has 1 heterocycles. The van der Waals surface area contributed by atoms with Gasteiger partial charge in [0.25, 0.3) is 0 Å². The van der Waals surface area contributed by atoms with E-state index in [1.54, 1.807) is 12.1 Å². The van der Waals surface area contributed by atoms with Crippen LogP contribution in [0.15, 0.2) is 50.8 Å². The van der Waals surface area contributed by atoms with E-state index in [4.69, 9.17) is 17.3 Å². The fraction of sp³-hybridized carbons (Fsp3) is 0. The first kappa shape index (κ1) is 11.8. The Hall–Kier alpha value is -0.710. The van der Waals surface area contributed by atoms with Gasteiger partial charge in [0, 0.05) is 15.1 Å². The van der Waals surface area contributed by atoms with Crippen LogP contribution in [-0.4, -0.2) is 4.98 Å². The molecule has 0 bridgehead atoms. The monoisotopic (exact) mass is 314 g/mol. The van der Waals surface area contributed by atoms with E-state index >= 15 is 0 Å². The van der Waals surface area contributed by atoms with Gasteiger partial charge in [-0.1, -0.05) is 35.5 Å². The van der Waals surface area contributed by atoms with Crippen LogP contribution in [0, 0.1) is 0 Å². The quantitative estimate of drug-likeness (QED) is 0.843. The van der Waals surface area contributed by atoms with Crippen molar-refractivity contribution in [3.8, 4) is 0 Å². The van der Waals surface area contributed by atoms with Crippen molar-refractivity contribution in [3.05, 3.63) is 46.0 Å². The van der Waals surface area contributed by atoms with Gasteiger partial charge in [0.05, 0.1) is 0 Å². The van der Waals surface area contributed by atoms with Crippen LogP contribution in [0.2, 0.25) is 5.15 Å². The van der Waals surface area contributed by atoms with Gasteiger partial charge in [-0.05, 0) is 40.2 Å². The van der Waals surface area contributed by atoms with E-state index < -0.39 is 0 Å². The minimum absolute atomic E-state index is 0.412. The standard InChI is InChI=1S/C11H8BrClN2S/c12-8-3-1-2-4-9(8)16-11-6-7(14)5-10(13)15-11/h1-6H,(H2,14,15). The average Bonchev–Trinajstić information content (AvgIpc) is 2.20. The van der Waals surface area contributed by atoms with E-state index in [1.807, 2.05) is 24.3 Å². The molecule has 16 heavy (non-hydrogen) atoms. The second-order valence-electron chi connectivity index (χ2n) is 3.09. The number of nitrogen functional groups attached to an aromatic ring is 1. The number of rotatable bonds is 2. The Labute approximate surface area is 111 Å². The molecule has 0 saturated carbocycles. The molecule has 0 radical (unpaired) electrons. The zero-order valence-electron chi connectivity index (χ0n) is 8.15. The van der Waals surface area contributed by atoms with Crippen molar-refractivity contribution in [2.45, 2.75) is 9.92 Å². The highest BCUT2D eigenvalue weighted by Crippen LogP contribution is 2.33. The third-order valence-electron chi connectivity index (χ3n) is 1.84. The molecule has 1 aromatic carbocycles. The Morgan fingerprint density at radius 1 is 1.25 bits per heavy atom. The molecule has 0 fully saturated rings. The first-order valence-electron chi connectivity index (χ1n) is 4.50. The normalized spacial score (nSPS) is 10.4. The lowest BCUT2D eigenvalue weighted by molar-refractivity contribution is 1.13. The molecule has 0 spiro atoms. The van der Waals surface area contributed by atoms with Crippen LogP contribution in [-0.2, 0) is 0 Å². The van der Waals surface area contributed by atoms with Gasteiger partial charge in [0.2, 0.25) is 0 Å². The highest BCUT2D eigenvalue weighted by Gasteiger charge is 2.04. The third kappa shape index (κ3) is 2.90. The molecular weight excluding hydrogens is 308 g/mol. The van der Waals surface area contributed by atoms with Crippen LogP contribution in [0.4, 0.5) is 5.69 Å². The van der Waals surface area contributed by atoms with Gasteiger partial charge in [-0.15, -0.1) is 0 Å². The molecule has 0 atom stereocenters. The van der Waals surface area contributed by atoms with Crippen LogP contribution in [0.1, 0.15) is 0 Å². The van der Waals surface area contributed by atoms with Gasteiger partial charge >= 0.3 is 0 Å². The maximum Gasteiger partial charge on any atom is 0.132 e. The zero-order chi connectivity index (χ0) is 11.5. The molecular formula is C11H8BrClN2S. The smallest absolute Gasteiger partial charge is 0.132 e. The highest BCUT2D eigenvalue weighted by atomic mass is 79.9. The summed E-state index contributed by atoms with van der Waals surface area (Å²) < 4.78 is 1.03. The van der Waals surface area contributed by atoms with E-state index in [9.17, 15) is 0 Å². The molecule has 0 aliphatic rings. The van der Waals surface area contributed by atoms with Gasteiger partial charge in [-0.2, -0.15) is 0 Å². The van der Waals surface area contributed by atoms with Crippen molar-refractivity contribution in [3.63, 3.8) is 0 Å². The predicted octanol–water partition coefficient (Wildman–Crippen LogP) is 4.23. The summed E-state index contributed by atoms with van der Waals surface area (Å²) in [6, 6.07) is 11.4. The summed E-state index contributed by atoms with van der Waals surface area (Å²) in [4.78, 5) is 5.28. The maximum atomic E-state index is 5.84. The van der Waals surface area contributed by atoms with Crippen molar-refractivity contribution in [2.24, 2.45) is 0 Å². The summed E-state index contributed by atoms with van der Waals surface area (Å²) in [5.74, 6) is 0. The predicted molar refractivity (Wildman–Crippen MR) is 71.9 cm³/mol. The molecule has 0 aliphatic heterocycles. The van der Waals surface area contributed by atoms with Crippen molar-refractivity contribution in [2.75, 3.05) is 5.73 Å². The second-order valence-corrected chi connectivity index (χ2v) is 5.40. The van der Waals surface area contributed by atoms with Crippen LogP contribution in [0.3, 0.4) is 0 Å². The lowest BCUT2D eigenvalue weighted by Crippen LogP contribution is -1.88. The second kappa shape index (κ2) is 5.08. The number of hydrogen-bond donors (Lipinski definition) is 1. The van der Waals surface area contributed by atoms with Crippen LogP contribution in [0.5, 0.6) is 0 Å². The number of hydrogen-bond acceptors (Lipinski definition) is 3. The first-order chi connectivity index (χ1) is 7.65. The Kier molecular flexibility index (Phi) is 3.74. The molecule has 0 saturated heterocycles. The number of halogens is 2. The molecule has 0 unspecified atom stereocenters. The lowest BCUT2D eigenvalue weighted by Gasteiger charge is -2.04. The molecule has 82 valence electrons. The Morgan fingerprint density at radius 2 is 2.00 bits per heavy atom. The summed E-state index contributed by atoms with van der Waals surface area (Å²) in [5.41, 5.74) is 6.32. The summed E-state index contributed by atoms with van der Waals surface area (Å²) in [6.07, 6.45) is 0. The number of benzene rings is 1. The minimum Gasteiger partial charge on any atom is -0.399 e. The Morgan fingerprint density at radius 3 is 2.69 bits per heavy atom. The molecule has 2 rings (SSSR count). The molecule has 1 aromatic heterocycles. The van der Waals surface area contributed by atoms with E-state index in [1.165, 1.54) is 11.8 Å². The van der Waals surface area contributed by atoms with Gasteiger partial charge in [-0.3, -0.25) is 0 Å². The van der Waals surface area contributed by atoms with Crippen LogP contribution >= 0.6 is 39.3 Å². The average molecular weight is 316 g/mol. The SMILES string of the molecule is Nc1cc(Cl)nc(Sc2ccccc2Br)c1. The van der Waals surface area contributed by atoms with E-state index in [0.29, 0.717) is 10.8 Å². The topological polar surface area (TPSA) is 38.9 Å². The largest absolute Gasteiger partial charge is 0.399 e. The fourth-order valence-corrected chi connectivity index (χ4v) is 2.86. The fourth-order valence-electron chi connectivity index (χ4n) is 1.18. The van der Waals surface area contributed by atoms with Gasteiger partial charge in [-0.25, -0.2) is 4.98 Å². The number of nitrogens with zero attached hydrogens (tertiary/aromatic N) is 1. The third-order valence-corrected chi connectivity index (χ3v) is 3.99. The number of aromatic nitrogens is 1. The van der Waals surface area contributed by atoms with E-state index in [2.05, 4.69) is 20.9 Å². The van der Waals surface area contributed by atoms with Gasteiger partial charge in [0.15, 0.2) is 0 Å². The van der Waals surface area contributed by atoms with Crippen LogP contribution < -0.4 is 5.73 Å². The summed E-state index contributed by atoms with van der Waals surface area (Å²) in [7, 11) is 0. The summed E-state index contributed by atoms with van der Waals surface area (Å²) in [6.45, 7) is 0. The minimum atomic E-state index is 0.412. The maximum absolute atomic E-state index is 5.84. The Bertz CT molecular complexity index is 499. The zero-order valence-corrected chi connectivity index (χ0v) is 11.3. The van der Waals surface area contributed by atoms with Crippen molar-refractivity contribution in [1.29, 1.82) is 0 Å². The van der Waals surface area contributed by atoms with Crippen molar-refractivity contribution in [1.82, 2.24) is 4.98 Å². The highest BCUT2D eigenvalue weighted by molar-refractivity contribution is 9.10. The summed E-state index contributed by atoms with van der Waals surface area (Å²) >= 11 is 10.8. The molecule has 5 heteroatoms. The molecule has 2 aromatic rings. The van der Waals surface area contributed by atoms with Gasteiger partial charge < -0.3 is 5.73 Å². The number of nitrogens with two attached hydrogens (primary N) is 1. The lowest BCUT2D eigenvalue weighted by atomic mass is 10.4. The van der Waals surface area contributed by atoms with Crippen molar-refractivity contribution >= 4 is 45.0 Å². The van der Waals surface area contributed by atoms with Crippen LogP contribution in [0.25, 0.3) is 0 Å². The Balaban J connectivity index is 2.30. The molecule has 0 aliphatic carbocycles. The summed E-state index contributed by atoms with van der Waals surface area (Å²) in [5, 5.41) is 1.20. The molecule has 2 nitrogen and oxygen atoms in total. The molecule has 0 amide bonds. The van der Waals surface area contributed by atoms with E-state index in [0.717, 1.165) is 14.4 Å².